The number of rotatable bonds is 10. The molecule has 0 fully saturated rings. The molecule has 148 valence electrons. The van der Waals surface area contributed by atoms with Gasteiger partial charge in [0, 0.05) is 0 Å². The van der Waals surface area contributed by atoms with Crippen LogP contribution in [0, 0.1) is 6.92 Å². The van der Waals surface area contributed by atoms with E-state index in [1.54, 1.807) is 0 Å². The minimum absolute atomic E-state index is 0.0295. The second-order valence-electron chi connectivity index (χ2n) is 6.45. The third-order valence-corrected chi connectivity index (χ3v) is 4.13. The number of aryl methyl sites for hydroxylation is 1. The molecule has 0 radical (unpaired) electrons. The Hall–Kier alpha value is -3.15. The van der Waals surface area contributed by atoms with E-state index < -0.39 is 24.5 Å². The third-order valence-electron chi connectivity index (χ3n) is 4.13. The molecule has 0 aromatic heterocycles. The minimum atomic E-state index is -0.655. The van der Waals surface area contributed by atoms with Crippen LogP contribution < -0.4 is 10.1 Å². The molecular formula is C22H25NO5. The lowest BCUT2D eigenvalue weighted by molar-refractivity contribution is -0.149. The molecule has 28 heavy (non-hydrogen) atoms. The van der Waals surface area contributed by atoms with Crippen molar-refractivity contribution in [2.45, 2.75) is 32.7 Å². The molecule has 2 aromatic rings. The maximum Gasteiger partial charge on any atom is 0.309 e. The van der Waals surface area contributed by atoms with Crippen molar-refractivity contribution in [1.29, 1.82) is 0 Å². The van der Waals surface area contributed by atoms with Crippen LogP contribution in [0.4, 0.5) is 0 Å². The number of hydrogen-bond donors (Lipinski definition) is 1. The van der Waals surface area contributed by atoms with Crippen LogP contribution in [-0.2, 0) is 25.5 Å². The standard InChI is InChI=1S/C22H25NO5/c1-16-8-6-7-11-20(16)27-13-12-22(26)28-15-21(25)23-19(17(2)24)14-18-9-4-3-5-10-18/h3-11,19H,12-15H2,1-2H3,(H,23,25)/t19-/m0/s1. The fraction of sp³-hybridized carbons (Fsp3) is 0.318. The number of ether oxygens (including phenoxy) is 2. The summed E-state index contributed by atoms with van der Waals surface area (Å²) in [6.45, 7) is 3.07. The fourth-order valence-electron chi connectivity index (χ4n) is 2.56. The Balaban J connectivity index is 1.72. The SMILES string of the molecule is CC(=O)[C@H](Cc1ccccc1)NC(=O)COC(=O)CCOc1ccccc1C. The lowest BCUT2D eigenvalue weighted by Gasteiger charge is -2.16. The van der Waals surface area contributed by atoms with E-state index in [0.717, 1.165) is 11.1 Å². The number of Topliss-reactive ketones (excluding diaryl/α,β-unsaturated/α-hetero) is 1. The van der Waals surface area contributed by atoms with E-state index in [9.17, 15) is 14.4 Å². The van der Waals surface area contributed by atoms with Gasteiger partial charge in [0.2, 0.25) is 0 Å². The smallest absolute Gasteiger partial charge is 0.309 e. The van der Waals surface area contributed by atoms with Gasteiger partial charge in [-0.3, -0.25) is 14.4 Å². The molecule has 1 atom stereocenters. The van der Waals surface area contributed by atoms with E-state index in [1.165, 1.54) is 6.92 Å². The lowest BCUT2D eigenvalue weighted by atomic mass is 10.0. The van der Waals surface area contributed by atoms with Crippen LogP contribution in [-0.4, -0.2) is 36.9 Å². The number of para-hydroxylation sites is 1. The molecule has 2 rings (SSSR count). The number of carbonyl (C=O) groups excluding carboxylic acids is 3. The highest BCUT2D eigenvalue weighted by Gasteiger charge is 2.18. The molecule has 6 nitrogen and oxygen atoms in total. The van der Waals surface area contributed by atoms with Crippen molar-refractivity contribution >= 4 is 17.7 Å². The Kier molecular flexibility index (Phi) is 8.21. The summed E-state index contributed by atoms with van der Waals surface area (Å²) in [5.41, 5.74) is 1.91. The molecular weight excluding hydrogens is 358 g/mol. The zero-order valence-electron chi connectivity index (χ0n) is 16.1. The van der Waals surface area contributed by atoms with E-state index >= 15 is 0 Å². The first kappa shape index (κ1) is 21.2. The lowest BCUT2D eigenvalue weighted by Crippen LogP contribution is -2.43. The summed E-state index contributed by atoms with van der Waals surface area (Å²) >= 11 is 0. The molecule has 0 aliphatic carbocycles. The number of carbonyl (C=O) groups is 3. The number of ketones is 1. The highest BCUT2D eigenvalue weighted by atomic mass is 16.5. The summed E-state index contributed by atoms with van der Waals surface area (Å²) in [6.07, 6.45) is 0.419. The molecule has 0 spiro atoms. The van der Waals surface area contributed by atoms with Gasteiger partial charge in [0.05, 0.1) is 19.1 Å². The highest BCUT2D eigenvalue weighted by Crippen LogP contribution is 2.16. The first-order valence-electron chi connectivity index (χ1n) is 9.13. The van der Waals surface area contributed by atoms with Gasteiger partial charge in [-0.1, -0.05) is 48.5 Å². The summed E-state index contributed by atoms with van der Waals surface area (Å²) < 4.78 is 10.5. The van der Waals surface area contributed by atoms with E-state index in [-0.39, 0.29) is 18.8 Å². The van der Waals surface area contributed by atoms with E-state index in [2.05, 4.69) is 5.32 Å². The normalized spacial score (nSPS) is 11.4. The van der Waals surface area contributed by atoms with Crippen molar-refractivity contribution in [1.82, 2.24) is 5.32 Å². The van der Waals surface area contributed by atoms with Gasteiger partial charge in [-0.15, -0.1) is 0 Å². The maximum atomic E-state index is 12.0. The van der Waals surface area contributed by atoms with Crippen molar-refractivity contribution in [3.8, 4) is 5.75 Å². The Morgan fingerprint density at radius 3 is 2.36 bits per heavy atom. The van der Waals surface area contributed by atoms with Crippen LogP contribution in [0.2, 0.25) is 0 Å². The molecule has 0 saturated carbocycles. The van der Waals surface area contributed by atoms with Crippen LogP contribution >= 0.6 is 0 Å². The number of esters is 1. The van der Waals surface area contributed by atoms with Gasteiger partial charge in [0.15, 0.2) is 12.4 Å². The van der Waals surface area contributed by atoms with Crippen LogP contribution in [0.1, 0.15) is 24.5 Å². The van der Waals surface area contributed by atoms with E-state index in [1.807, 2.05) is 61.5 Å². The molecule has 0 aliphatic rings. The largest absolute Gasteiger partial charge is 0.493 e. The van der Waals surface area contributed by atoms with E-state index in [4.69, 9.17) is 9.47 Å². The second kappa shape index (κ2) is 10.9. The molecule has 0 heterocycles. The number of nitrogens with one attached hydrogen (secondary N) is 1. The minimum Gasteiger partial charge on any atom is -0.493 e. The topological polar surface area (TPSA) is 81.7 Å². The first-order chi connectivity index (χ1) is 13.5. The summed E-state index contributed by atoms with van der Waals surface area (Å²) in [5, 5.41) is 2.61. The number of amides is 1. The Labute approximate surface area is 164 Å². The van der Waals surface area contributed by atoms with Crippen molar-refractivity contribution in [3.05, 3.63) is 65.7 Å². The fourth-order valence-corrected chi connectivity index (χ4v) is 2.56. The van der Waals surface area contributed by atoms with Gasteiger partial charge in [-0.25, -0.2) is 0 Å². The molecule has 0 saturated heterocycles. The summed E-state index contributed by atoms with van der Waals surface area (Å²) in [5.74, 6) is -0.496. The van der Waals surface area contributed by atoms with Crippen LogP contribution in [0.25, 0.3) is 0 Å². The highest BCUT2D eigenvalue weighted by molar-refractivity contribution is 5.88. The first-order valence-corrected chi connectivity index (χ1v) is 9.13. The van der Waals surface area contributed by atoms with Crippen LogP contribution in [0.5, 0.6) is 5.75 Å². The van der Waals surface area contributed by atoms with Crippen LogP contribution in [0.3, 0.4) is 0 Å². The van der Waals surface area contributed by atoms with Gasteiger partial charge in [-0.05, 0) is 37.5 Å². The predicted molar refractivity (Wildman–Crippen MR) is 105 cm³/mol. The van der Waals surface area contributed by atoms with Gasteiger partial charge in [-0.2, -0.15) is 0 Å². The zero-order chi connectivity index (χ0) is 20.4. The number of benzene rings is 2. The van der Waals surface area contributed by atoms with Crippen molar-refractivity contribution < 1.29 is 23.9 Å². The second-order valence-corrected chi connectivity index (χ2v) is 6.45. The Morgan fingerprint density at radius 1 is 1.00 bits per heavy atom. The third kappa shape index (κ3) is 7.23. The molecule has 0 unspecified atom stereocenters. The average molecular weight is 383 g/mol. The summed E-state index contributed by atoms with van der Waals surface area (Å²) in [6, 6.07) is 16.2. The molecule has 0 aliphatic heterocycles. The Morgan fingerprint density at radius 2 is 1.68 bits per heavy atom. The van der Waals surface area contributed by atoms with Crippen LogP contribution in [0.15, 0.2) is 54.6 Å². The maximum absolute atomic E-state index is 12.0. The van der Waals surface area contributed by atoms with Gasteiger partial charge in [0.1, 0.15) is 5.75 Å². The predicted octanol–water partition coefficient (Wildman–Crippen LogP) is 2.62. The van der Waals surface area contributed by atoms with Gasteiger partial charge < -0.3 is 14.8 Å². The zero-order valence-corrected chi connectivity index (χ0v) is 16.1. The summed E-state index contributed by atoms with van der Waals surface area (Å²) in [7, 11) is 0. The summed E-state index contributed by atoms with van der Waals surface area (Å²) in [4.78, 5) is 35.6. The Bertz CT molecular complexity index is 804. The van der Waals surface area contributed by atoms with E-state index in [0.29, 0.717) is 12.2 Å². The molecule has 1 N–H and O–H groups in total. The van der Waals surface area contributed by atoms with Crippen molar-refractivity contribution in [3.63, 3.8) is 0 Å². The molecule has 1 amide bonds. The van der Waals surface area contributed by atoms with Crippen molar-refractivity contribution in [2.24, 2.45) is 0 Å². The molecule has 6 heteroatoms. The molecule has 2 aromatic carbocycles. The number of hydrogen-bond acceptors (Lipinski definition) is 5. The molecule has 0 bridgehead atoms. The average Bonchev–Trinajstić information content (AvgIpc) is 2.68. The van der Waals surface area contributed by atoms with Crippen molar-refractivity contribution in [2.75, 3.05) is 13.2 Å². The quantitative estimate of drug-likeness (QED) is 0.638. The van der Waals surface area contributed by atoms with Gasteiger partial charge in [0.25, 0.3) is 5.91 Å². The van der Waals surface area contributed by atoms with Gasteiger partial charge >= 0.3 is 5.97 Å². The monoisotopic (exact) mass is 383 g/mol.